The third kappa shape index (κ3) is 6.59. The normalized spacial score (nSPS) is 24.1. The van der Waals surface area contributed by atoms with Crippen LogP contribution in [0.2, 0.25) is 15.1 Å². The summed E-state index contributed by atoms with van der Waals surface area (Å²) in [6, 6.07) is 8.55. The summed E-state index contributed by atoms with van der Waals surface area (Å²) in [6.45, 7) is 4.81. The van der Waals surface area contributed by atoms with Gasteiger partial charge in [-0.25, -0.2) is 8.42 Å². The predicted molar refractivity (Wildman–Crippen MR) is 169 cm³/mol. The van der Waals surface area contributed by atoms with Gasteiger partial charge in [-0.1, -0.05) is 46.9 Å². The van der Waals surface area contributed by atoms with Gasteiger partial charge in [-0.3, -0.25) is 14.4 Å². The number of piperidine rings is 1. The molecule has 3 amide bonds. The molecule has 1 N–H and O–H groups in total. The number of rotatable bonds is 7. The fraction of sp³-hybridized carbons (Fsp3) is 0.500. The topological polar surface area (TPSA) is 110 Å². The molecule has 3 saturated heterocycles. The number of nitrogens with one attached hydrogen (secondary N) is 1. The molecule has 0 spiro atoms. The molecule has 238 valence electrons. The molecule has 3 heterocycles. The molecule has 14 heteroatoms. The summed E-state index contributed by atoms with van der Waals surface area (Å²) in [5, 5.41) is 3.57. The molecule has 3 atom stereocenters. The van der Waals surface area contributed by atoms with Gasteiger partial charge in [0.25, 0.3) is 0 Å². The fourth-order valence-corrected chi connectivity index (χ4v) is 8.65. The van der Waals surface area contributed by atoms with Gasteiger partial charge in [0.2, 0.25) is 27.7 Å². The molecule has 0 saturated carbocycles. The zero-order chi connectivity index (χ0) is 31.9. The van der Waals surface area contributed by atoms with Gasteiger partial charge in [0, 0.05) is 35.0 Å². The van der Waals surface area contributed by atoms with Crippen molar-refractivity contribution >= 4 is 62.5 Å². The summed E-state index contributed by atoms with van der Waals surface area (Å²) >= 11 is 18.6. The third-order valence-electron chi connectivity index (χ3n) is 8.68. The molecule has 44 heavy (non-hydrogen) atoms. The maximum atomic E-state index is 14.3. The molecule has 0 bridgehead atoms. The molecule has 3 aliphatic rings. The summed E-state index contributed by atoms with van der Waals surface area (Å²) in [6.07, 6.45) is 0.346. The van der Waals surface area contributed by atoms with Crippen LogP contribution in [-0.4, -0.2) is 103 Å². The number of hydrogen-bond acceptors (Lipinski definition) is 6. The maximum absolute atomic E-state index is 14.3. The number of piperazine rings is 1. The fourth-order valence-electron chi connectivity index (χ4n) is 6.19. The second-order valence-electron chi connectivity index (χ2n) is 11.9. The van der Waals surface area contributed by atoms with Crippen LogP contribution in [0.25, 0.3) is 0 Å². The van der Waals surface area contributed by atoms with Crippen molar-refractivity contribution in [3.05, 3.63) is 63.1 Å². The third-order valence-corrected chi connectivity index (χ3v) is 11.5. The van der Waals surface area contributed by atoms with E-state index in [1.165, 1.54) is 27.4 Å². The van der Waals surface area contributed by atoms with Crippen LogP contribution in [0.3, 0.4) is 0 Å². The molecule has 3 fully saturated rings. The SMILES string of the molecule is CC(C)N1CC2N(C(=O)C(NC(=O)C3CCN(C)CC3)CN2S(=O)(=O)c2ccc(Cl)cc2Cl)C(Cc2ccc(Cl)cc2)C1=O. The number of benzene rings is 2. The van der Waals surface area contributed by atoms with Crippen LogP contribution in [0.15, 0.2) is 47.4 Å². The Hall–Kier alpha value is -2.41. The molecular weight excluding hydrogens is 649 g/mol. The molecule has 0 aliphatic carbocycles. The lowest BCUT2D eigenvalue weighted by atomic mass is 9.94. The smallest absolute Gasteiger partial charge is 0.248 e. The summed E-state index contributed by atoms with van der Waals surface area (Å²) < 4.78 is 29.9. The first kappa shape index (κ1) is 33.0. The van der Waals surface area contributed by atoms with E-state index in [1.54, 1.807) is 29.2 Å². The maximum Gasteiger partial charge on any atom is 0.248 e. The van der Waals surface area contributed by atoms with E-state index in [4.69, 9.17) is 34.8 Å². The van der Waals surface area contributed by atoms with Crippen LogP contribution in [0.4, 0.5) is 0 Å². The van der Waals surface area contributed by atoms with Crippen LogP contribution < -0.4 is 5.32 Å². The van der Waals surface area contributed by atoms with Crippen molar-refractivity contribution in [1.29, 1.82) is 0 Å². The van der Waals surface area contributed by atoms with E-state index in [0.717, 1.165) is 18.7 Å². The summed E-state index contributed by atoms with van der Waals surface area (Å²) in [5.74, 6) is -1.42. The molecule has 2 aromatic rings. The van der Waals surface area contributed by atoms with Crippen LogP contribution in [0.1, 0.15) is 32.3 Å². The van der Waals surface area contributed by atoms with Gasteiger partial charge < -0.3 is 20.0 Å². The van der Waals surface area contributed by atoms with E-state index in [-0.39, 0.29) is 58.2 Å². The second kappa shape index (κ2) is 13.1. The number of fused-ring (bicyclic) bond motifs is 1. The van der Waals surface area contributed by atoms with E-state index in [9.17, 15) is 22.8 Å². The molecule has 0 aromatic heterocycles. The number of nitrogens with zero attached hydrogens (tertiary/aromatic N) is 4. The van der Waals surface area contributed by atoms with E-state index in [0.29, 0.717) is 17.9 Å². The number of carbonyl (C=O) groups is 3. The van der Waals surface area contributed by atoms with Gasteiger partial charge in [0.15, 0.2) is 0 Å². The number of sulfonamides is 1. The van der Waals surface area contributed by atoms with Crippen molar-refractivity contribution in [1.82, 2.24) is 24.3 Å². The van der Waals surface area contributed by atoms with E-state index < -0.39 is 34.2 Å². The minimum absolute atomic E-state index is 0.0422. The Balaban J connectivity index is 1.57. The van der Waals surface area contributed by atoms with Gasteiger partial charge in [-0.15, -0.1) is 0 Å². The molecule has 5 rings (SSSR count). The summed E-state index contributed by atoms with van der Waals surface area (Å²) in [4.78, 5) is 46.6. The summed E-state index contributed by atoms with van der Waals surface area (Å²) in [5.41, 5.74) is 0.748. The number of amides is 3. The molecule has 2 aromatic carbocycles. The number of halogens is 3. The lowest BCUT2D eigenvalue weighted by Crippen LogP contribution is -2.76. The monoisotopic (exact) mass is 683 g/mol. The lowest BCUT2D eigenvalue weighted by Gasteiger charge is -2.54. The largest absolute Gasteiger partial charge is 0.343 e. The van der Waals surface area contributed by atoms with Crippen molar-refractivity contribution < 1.29 is 22.8 Å². The minimum Gasteiger partial charge on any atom is -0.343 e. The van der Waals surface area contributed by atoms with Gasteiger partial charge in [-0.2, -0.15) is 4.31 Å². The van der Waals surface area contributed by atoms with E-state index in [2.05, 4.69) is 10.2 Å². The first-order valence-electron chi connectivity index (χ1n) is 14.6. The first-order valence-corrected chi connectivity index (χ1v) is 17.2. The predicted octanol–water partition coefficient (Wildman–Crippen LogP) is 3.49. The van der Waals surface area contributed by atoms with Crippen LogP contribution in [0, 0.1) is 5.92 Å². The average molecular weight is 685 g/mol. The molecule has 0 radical (unpaired) electrons. The van der Waals surface area contributed by atoms with Crippen molar-refractivity contribution in [2.24, 2.45) is 5.92 Å². The Morgan fingerprint density at radius 3 is 2.20 bits per heavy atom. The zero-order valence-electron chi connectivity index (χ0n) is 24.8. The molecule has 3 unspecified atom stereocenters. The number of carbonyl (C=O) groups excluding carboxylic acids is 3. The second-order valence-corrected chi connectivity index (χ2v) is 15.1. The number of likely N-dealkylation sites (tertiary alicyclic amines) is 1. The number of hydrogen-bond donors (Lipinski definition) is 1. The average Bonchev–Trinajstić information content (AvgIpc) is 2.96. The highest BCUT2D eigenvalue weighted by atomic mass is 35.5. The van der Waals surface area contributed by atoms with Crippen molar-refractivity contribution in [3.8, 4) is 0 Å². The van der Waals surface area contributed by atoms with Crippen LogP contribution >= 0.6 is 34.8 Å². The van der Waals surface area contributed by atoms with Gasteiger partial charge >= 0.3 is 0 Å². The Bertz CT molecular complexity index is 1530. The van der Waals surface area contributed by atoms with Crippen LogP contribution in [-0.2, 0) is 30.8 Å². The van der Waals surface area contributed by atoms with Crippen molar-refractivity contribution in [2.75, 3.05) is 33.2 Å². The zero-order valence-corrected chi connectivity index (χ0v) is 27.8. The minimum atomic E-state index is -4.34. The van der Waals surface area contributed by atoms with Gasteiger partial charge in [0.1, 0.15) is 23.1 Å². The van der Waals surface area contributed by atoms with Gasteiger partial charge in [-0.05, 0) is 82.7 Å². The van der Waals surface area contributed by atoms with E-state index >= 15 is 0 Å². The highest BCUT2D eigenvalue weighted by Crippen LogP contribution is 2.35. The highest BCUT2D eigenvalue weighted by Gasteiger charge is 2.54. The quantitative estimate of drug-likeness (QED) is 0.479. The lowest BCUT2D eigenvalue weighted by molar-refractivity contribution is -0.169. The highest BCUT2D eigenvalue weighted by molar-refractivity contribution is 7.89. The Morgan fingerprint density at radius 2 is 1.59 bits per heavy atom. The molecule has 3 aliphatic heterocycles. The van der Waals surface area contributed by atoms with Crippen molar-refractivity contribution in [3.63, 3.8) is 0 Å². The van der Waals surface area contributed by atoms with Gasteiger partial charge in [0.05, 0.1) is 11.6 Å². The van der Waals surface area contributed by atoms with Crippen molar-refractivity contribution in [2.45, 2.75) is 62.3 Å². The Labute approximate surface area is 273 Å². The summed E-state index contributed by atoms with van der Waals surface area (Å²) in [7, 11) is -2.35. The standard InChI is InChI=1S/C30H36Cl3N5O5S/c1-18(2)36-17-27-37(44(42,43)26-9-8-22(32)15-23(26)33)16-24(34-28(39)20-10-12-35(3)13-11-20)29(40)38(27)25(30(36)41)14-19-4-6-21(31)7-5-19/h4-9,15,18,20,24-25,27H,10-14,16-17H2,1-3H3,(H,34,39). The molecular formula is C30H36Cl3N5O5S. The Kier molecular flexibility index (Phi) is 9.84. The molecule has 10 nitrogen and oxygen atoms in total. The Morgan fingerprint density at radius 1 is 0.955 bits per heavy atom. The van der Waals surface area contributed by atoms with E-state index in [1.807, 2.05) is 20.9 Å². The first-order chi connectivity index (χ1) is 20.8. The van der Waals surface area contributed by atoms with Crippen LogP contribution in [0.5, 0.6) is 0 Å².